The summed E-state index contributed by atoms with van der Waals surface area (Å²) in [7, 11) is 1.69. The van der Waals surface area contributed by atoms with Crippen molar-refractivity contribution >= 4 is 18.3 Å². The molecule has 7 heteroatoms. The second-order valence-electron chi connectivity index (χ2n) is 6.50. The number of rotatable bonds is 7. The Hall–Kier alpha value is -1.89. The highest BCUT2D eigenvalue weighted by Crippen LogP contribution is 2.22. The molecule has 0 saturated heterocycles. The molecule has 0 bridgehead atoms. The van der Waals surface area contributed by atoms with Crippen LogP contribution in [0.3, 0.4) is 0 Å². The van der Waals surface area contributed by atoms with E-state index in [1.807, 2.05) is 4.90 Å². The standard InChI is InChI=1S/C19H26N4O2.ClH/c1-14-4-6-15(7-5-14)12-23(10-3-11-25-2)19(24)18-17-16(8-9-20-18)21-13-22-17;/h4-7,13,18,20H,3,8-12H2,1-2H3,(H,21,22);1H. The van der Waals surface area contributed by atoms with Gasteiger partial charge in [0.25, 0.3) is 0 Å². The number of hydrogen-bond acceptors (Lipinski definition) is 4. The molecule has 0 radical (unpaired) electrons. The molecule has 1 aromatic heterocycles. The molecule has 2 heterocycles. The van der Waals surface area contributed by atoms with Crippen LogP contribution >= 0.6 is 12.4 Å². The van der Waals surface area contributed by atoms with Gasteiger partial charge in [-0.1, -0.05) is 29.8 Å². The van der Waals surface area contributed by atoms with Crippen LogP contribution < -0.4 is 5.32 Å². The summed E-state index contributed by atoms with van der Waals surface area (Å²) >= 11 is 0. The minimum Gasteiger partial charge on any atom is -0.385 e. The van der Waals surface area contributed by atoms with Gasteiger partial charge in [0, 0.05) is 45.5 Å². The third kappa shape index (κ3) is 4.84. The lowest BCUT2D eigenvalue weighted by Crippen LogP contribution is -2.44. The maximum absolute atomic E-state index is 13.2. The quantitative estimate of drug-likeness (QED) is 0.726. The zero-order valence-electron chi connectivity index (χ0n) is 15.3. The summed E-state index contributed by atoms with van der Waals surface area (Å²) in [6.07, 6.45) is 3.36. The second-order valence-corrected chi connectivity index (χ2v) is 6.50. The van der Waals surface area contributed by atoms with E-state index in [-0.39, 0.29) is 24.4 Å². The van der Waals surface area contributed by atoms with Gasteiger partial charge in [0.1, 0.15) is 6.04 Å². The first-order chi connectivity index (χ1) is 12.2. The maximum Gasteiger partial charge on any atom is 0.246 e. The van der Waals surface area contributed by atoms with E-state index in [0.29, 0.717) is 19.7 Å². The number of amides is 1. The fourth-order valence-electron chi connectivity index (χ4n) is 3.19. The van der Waals surface area contributed by atoms with Crippen molar-refractivity contribution in [2.24, 2.45) is 0 Å². The zero-order chi connectivity index (χ0) is 17.6. The summed E-state index contributed by atoms with van der Waals surface area (Å²) in [6, 6.07) is 7.96. The Kier molecular flexibility index (Phi) is 7.63. The molecule has 3 rings (SSSR count). The van der Waals surface area contributed by atoms with Crippen LogP contribution in [0, 0.1) is 6.92 Å². The number of aromatic amines is 1. The number of carbonyl (C=O) groups is 1. The molecule has 6 nitrogen and oxygen atoms in total. The van der Waals surface area contributed by atoms with E-state index in [1.54, 1.807) is 13.4 Å². The van der Waals surface area contributed by atoms with E-state index < -0.39 is 0 Å². The van der Waals surface area contributed by atoms with Crippen molar-refractivity contribution in [3.63, 3.8) is 0 Å². The summed E-state index contributed by atoms with van der Waals surface area (Å²) < 4.78 is 5.16. The van der Waals surface area contributed by atoms with Gasteiger partial charge >= 0.3 is 0 Å². The number of carbonyl (C=O) groups excluding carboxylic acids is 1. The number of aromatic nitrogens is 2. The number of nitrogens with one attached hydrogen (secondary N) is 2. The van der Waals surface area contributed by atoms with Crippen molar-refractivity contribution < 1.29 is 9.53 Å². The fourth-order valence-corrected chi connectivity index (χ4v) is 3.19. The van der Waals surface area contributed by atoms with Crippen molar-refractivity contribution in [3.8, 4) is 0 Å². The third-order valence-electron chi connectivity index (χ3n) is 4.58. The molecule has 1 atom stereocenters. The molecule has 1 aromatic carbocycles. The largest absolute Gasteiger partial charge is 0.385 e. The van der Waals surface area contributed by atoms with E-state index in [0.717, 1.165) is 36.3 Å². The number of imidazole rings is 1. The average Bonchev–Trinajstić information content (AvgIpc) is 3.11. The SMILES string of the molecule is COCCCN(Cc1ccc(C)cc1)C(=O)C1NCCc2[nH]cnc21.Cl. The van der Waals surface area contributed by atoms with E-state index in [9.17, 15) is 4.79 Å². The number of aryl methyl sites for hydroxylation is 1. The highest BCUT2D eigenvalue weighted by atomic mass is 35.5. The second kappa shape index (κ2) is 9.71. The Morgan fingerprint density at radius 2 is 2.12 bits per heavy atom. The van der Waals surface area contributed by atoms with E-state index in [4.69, 9.17) is 4.74 Å². The van der Waals surface area contributed by atoms with Gasteiger partial charge in [-0.15, -0.1) is 12.4 Å². The van der Waals surface area contributed by atoms with Crippen molar-refractivity contribution in [1.82, 2.24) is 20.2 Å². The van der Waals surface area contributed by atoms with Gasteiger partial charge in [0.05, 0.1) is 12.0 Å². The zero-order valence-corrected chi connectivity index (χ0v) is 16.1. The van der Waals surface area contributed by atoms with Crippen molar-refractivity contribution in [2.75, 3.05) is 26.8 Å². The third-order valence-corrected chi connectivity index (χ3v) is 4.58. The Balaban J connectivity index is 0.00000243. The number of nitrogens with zero attached hydrogens (tertiary/aromatic N) is 2. The number of H-pyrrole nitrogens is 1. The topological polar surface area (TPSA) is 70.2 Å². The molecule has 0 spiro atoms. The Labute approximate surface area is 160 Å². The van der Waals surface area contributed by atoms with Gasteiger partial charge in [0.15, 0.2) is 0 Å². The van der Waals surface area contributed by atoms with Crippen LogP contribution in [0.5, 0.6) is 0 Å². The number of hydrogen-bond donors (Lipinski definition) is 2. The van der Waals surface area contributed by atoms with Gasteiger partial charge in [-0.3, -0.25) is 4.79 Å². The predicted molar refractivity (Wildman–Crippen MR) is 103 cm³/mol. The normalized spacial score (nSPS) is 15.8. The molecular weight excluding hydrogens is 352 g/mol. The van der Waals surface area contributed by atoms with Crippen molar-refractivity contribution in [1.29, 1.82) is 0 Å². The van der Waals surface area contributed by atoms with E-state index >= 15 is 0 Å². The maximum atomic E-state index is 13.2. The Bertz CT molecular complexity index is 702. The lowest BCUT2D eigenvalue weighted by Gasteiger charge is -2.30. The van der Waals surface area contributed by atoms with Gasteiger partial charge in [-0.2, -0.15) is 0 Å². The van der Waals surface area contributed by atoms with Crippen LogP contribution in [0.4, 0.5) is 0 Å². The molecule has 1 aliphatic heterocycles. The highest BCUT2D eigenvalue weighted by Gasteiger charge is 2.31. The van der Waals surface area contributed by atoms with Crippen LogP contribution in [0.2, 0.25) is 0 Å². The van der Waals surface area contributed by atoms with Crippen molar-refractivity contribution in [3.05, 3.63) is 53.1 Å². The van der Waals surface area contributed by atoms with Crippen LogP contribution in [0.25, 0.3) is 0 Å². The van der Waals surface area contributed by atoms with Crippen LogP contribution in [-0.4, -0.2) is 47.6 Å². The summed E-state index contributed by atoms with van der Waals surface area (Å²) in [5, 5.41) is 3.32. The van der Waals surface area contributed by atoms with Gasteiger partial charge < -0.3 is 19.9 Å². The minimum absolute atomic E-state index is 0. The fraction of sp³-hybridized carbons (Fsp3) is 0.474. The molecule has 0 aliphatic carbocycles. The first-order valence-electron chi connectivity index (χ1n) is 8.78. The van der Waals surface area contributed by atoms with E-state index in [2.05, 4.69) is 46.5 Å². The molecule has 26 heavy (non-hydrogen) atoms. The van der Waals surface area contributed by atoms with Crippen LogP contribution in [-0.2, 0) is 22.5 Å². The number of halogens is 1. The smallest absolute Gasteiger partial charge is 0.246 e. The van der Waals surface area contributed by atoms with E-state index in [1.165, 1.54) is 5.56 Å². The molecule has 1 aliphatic rings. The molecule has 1 unspecified atom stereocenters. The summed E-state index contributed by atoms with van der Waals surface area (Å²) in [6.45, 7) is 4.75. The molecule has 2 aromatic rings. The molecule has 1 amide bonds. The van der Waals surface area contributed by atoms with Crippen LogP contribution in [0.1, 0.15) is 35.0 Å². The van der Waals surface area contributed by atoms with Crippen LogP contribution in [0.15, 0.2) is 30.6 Å². The summed E-state index contributed by atoms with van der Waals surface area (Å²) in [5.41, 5.74) is 4.24. The first-order valence-corrected chi connectivity index (χ1v) is 8.78. The van der Waals surface area contributed by atoms with Gasteiger partial charge in [-0.05, 0) is 18.9 Å². The summed E-state index contributed by atoms with van der Waals surface area (Å²) in [5.74, 6) is 0.0738. The van der Waals surface area contributed by atoms with Gasteiger partial charge in [-0.25, -0.2) is 4.98 Å². The average molecular weight is 379 g/mol. The minimum atomic E-state index is -0.372. The predicted octanol–water partition coefficient (Wildman–Crippen LogP) is 2.39. The number of fused-ring (bicyclic) bond motifs is 1. The Morgan fingerprint density at radius 3 is 2.85 bits per heavy atom. The first kappa shape index (κ1) is 20.4. The number of methoxy groups -OCH3 is 1. The lowest BCUT2D eigenvalue weighted by atomic mass is 10.0. The number of benzene rings is 1. The van der Waals surface area contributed by atoms with Crippen molar-refractivity contribution in [2.45, 2.75) is 32.4 Å². The molecular formula is C19H27ClN4O2. The summed E-state index contributed by atoms with van der Waals surface area (Å²) in [4.78, 5) is 22.6. The number of ether oxygens (including phenoxy) is 1. The molecule has 0 fully saturated rings. The highest BCUT2D eigenvalue weighted by molar-refractivity contribution is 5.85. The molecule has 142 valence electrons. The Morgan fingerprint density at radius 1 is 1.35 bits per heavy atom. The van der Waals surface area contributed by atoms with Gasteiger partial charge in [0.2, 0.25) is 5.91 Å². The monoisotopic (exact) mass is 378 g/mol. The molecule has 2 N–H and O–H groups in total. The molecule has 0 saturated carbocycles. The lowest BCUT2D eigenvalue weighted by molar-refractivity contribution is -0.134.